The first-order valence-corrected chi connectivity index (χ1v) is 13.4. The Morgan fingerprint density at radius 2 is 1.85 bits per heavy atom. The summed E-state index contributed by atoms with van der Waals surface area (Å²) in [6.45, 7) is 10.0. The number of amides is 2. The molecular weight excluding hydrogens is 514 g/mol. The molecule has 1 fully saturated rings. The molecule has 0 radical (unpaired) electrons. The van der Waals surface area contributed by atoms with Gasteiger partial charge in [0.05, 0.1) is 18.7 Å². The normalized spacial score (nSPS) is 14.3. The van der Waals surface area contributed by atoms with Gasteiger partial charge in [0.2, 0.25) is 5.91 Å². The van der Waals surface area contributed by atoms with Gasteiger partial charge < -0.3 is 24.4 Å². The van der Waals surface area contributed by atoms with Gasteiger partial charge in [0, 0.05) is 37.5 Å². The summed E-state index contributed by atoms with van der Waals surface area (Å²) in [6, 6.07) is 8.67. The van der Waals surface area contributed by atoms with Crippen LogP contribution in [0.5, 0.6) is 11.5 Å². The molecule has 11 nitrogen and oxygen atoms in total. The van der Waals surface area contributed by atoms with Crippen LogP contribution in [0, 0.1) is 0 Å². The van der Waals surface area contributed by atoms with Gasteiger partial charge in [0.1, 0.15) is 35.6 Å². The number of fused-ring (bicyclic) bond motifs is 1. The van der Waals surface area contributed by atoms with E-state index in [0.29, 0.717) is 48.8 Å². The lowest BCUT2D eigenvalue weighted by atomic mass is 10.1. The molecule has 1 N–H and O–H groups in total. The van der Waals surface area contributed by atoms with Gasteiger partial charge in [0.25, 0.3) is 5.56 Å². The number of likely N-dealkylation sites (tertiary alicyclic amines) is 1. The Balaban J connectivity index is 1.60. The van der Waals surface area contributed by atoms with E-state index in [0.717, 1.165) is 0 Å². The van der Waals surface area contributed by atoms with Crippen LogP contribution < -0.4 is 20.3 Å². The zero-order valence-electron chi connectivity index (χ0n) is 23.9. The Morgan fingerprint density at radius 1 is 1.12 bits per heavy atom. The molecule has 2 aromatic heterocycles. The molecule has 1 aliphatic heterocycles. The first kappa shape index (κ1) is 28.8. The van der Waals surface area contributed by atoms with Crippen LogP contribution in [-0.4, -0.2) is 69.4 Å². The highest BCUT2D eigenvalue weighted by Crippen LogP contribution is 2.25. The predicted octanol–water partition coefficient (Wildman–Crippen LogP) is 3.77. The maximum absolute atomic E-state index is 13.7. The van der Waals surface area contributed by atoms with Crippen LogP contribution in [0.2, 0.25) is 0 Å². The molecule has 0 aliphatic carbocycles. The largest absolute Gasteiger partial charge is 0.497 e. The lowest BCUT2D eigenvalue weighted by Crippen LogP contribution is -2.44. The predicted molar refractivity (Wildman–Crippen MR) is 151 cm³/mol. The Morgan fingerprint density at radius 3 is 2.50 bits per heavy atom. The average molecular weight is 552 g/mol. The molecule has 214 valence electrons. The molecule has 3 heterocycles. The molecule has 1 aliphatic rings. The third-order valence-corrected chi connectivity index (χ3v) is 6.26. The molecule has 0 unspecified atom stereocenters. The number of benzene rings is 1. The summed E-state index contributed by atoms with van der Waals surface area (Å²) in [7, 11) is 1.56. The van der Waals surface area contributed by atoms with Gasteiger partial charge in [-0.05, 0) is 52.8 Å². The number of hydrogen-bond acceptors (Lipinski definition) is 8. The second-order valence-electron chi connectivity index (χ2n) is 11.1. The van der Waals surface area contributed by atoms with Crippen molar-refractivity contribution < 1.29 is 23.8 Å². The summed E-state index contributed by atoms with van der Waals surface area (Å²) in [6.07, 6.45) is 2.29. The number of nitrogens with zero attached hydrogens (tertiary/aromatic N) is 4. The molecule has 0 spiro atoms. The quantitative estimate of drug-likeness (QED) is 0.471. The SMILES string of the molecule is COc1cccc(-c2nc3ncc(OC4CCN(C(=O)OC(C)(C)C)CC4)cc3c(=O)n2CC(=O)NC(C)C)c1. The van der Waals surface area contributed by atoms with Crippen molar-refractivity contribution >= 4 is 23.0 Å². The minimum Gasteiger partial charge on any atom is -0.497 e. The molecule has 4 rings (SSSR count). The number of carbonyl (C=O) groups excluding carboxylic acids is 2. The highest BCUT2D eigenvalue weighted by atomic mass is 16.6. The van der Waals surface area contributed by atoms with Gasteiger partial charge in [-0.2, -0.15) is 0 Å². The fraction of sp³-hybridized carbons (Fsp3) is 0.483. The number of piperidine rings is 1. The van der Waals surface area contributed by atoms with Crippen LogP contribution in [0.4, 0.5) is 4.79 Å². The van der Waals surface area contributed by atoms with Crippen molar-refractivity contribution in [3.05, 3.63) is 46.9 Å². The van der Waals surface area contributed by atoms with E-state index in [-0.39, 0.29) is 41.7 Å². The van der Waals surface area contributed by atoms with Crippen molar-refractivity contribution in [1.82, 2.24) is 24.8 Å². The van der Waals surface area contributed by atoms with E-state index in [1.54, 1.807) is 48.5 Å². The highest BCUT2D eigenvalue weighted by Gasteiger charge is 2.28. The number of carbonyl (C=O) groups is 2. The van der Waals surface area contributed by atoms with E-state index in [1.807, 2.05) is 34.6 Å². The highest BCUT2D eigenvalue weighted by molar-refractivity contribution is 5.80. The van der Waals surface area contributed by atoms with Gasteiger partial charge in [-0.15, -0.1) is 0 Å². The Bertz CT molecular complexity index is 1440. The van der Waals surface area contributed by atoms with Gasteiger partial charge >= 0.3 is 6.09 Å². The maximum Gasteiger partial charge on any atom is 0.410 e. The number of methoxy groups -OCH3 is 1. The van der Waals surface area contributed by atoms with Crippen molar-refractivity contribution in [2.75, 3.05) is 20.2 Å². The molecule has 0 atom stereocenters. The molecule has 11 heteroatoms. The molecule has 1 aromatic carbocycles. The van der Waals surface area contributed by atoms with E-state index >= 15 is 0 Å². The van der Waals surface area contributed by atoms with Crippen LogP contribution in [-0.2, 0) is 16.1 Å². The van der Waals surface area contributed by atoms with Crippen LogP contribution in [0.1, 0.15) is 47.5 Å². The van der Waals surface area contributed by atoms with Crippen LogP contribution in [0.3, 0.4) is 0 Å². The lowest BCUT2D eigenvalue weighted by molar-refractivity contribution is -0.122. The third-order valence-electron chi connectivity index (χ3n) is 6.26. The van der Waals surface area contributed by atoms with Gasteiger partial charge in [-0.3, -0.25) is 14.2 Å². The second kappa shape index (κ2) is 11.9. The summed E-state index contributed by atoms with van der Waals surface area (Å²) >= 11 is 0. The zero-order valence-corrected chi connectivity index (χ0v) is 23.9. The van der Waals surface area contributed by atoms with Crippen LogP contribution in [0.15, 0.2) is 41.3 Å². The molecule has 2 amide bonds. The number of aromatic nitrogens is 3. The van der Waals surface area contributed by atoms with Gasteiger partial charge in [-0.1, -0.05) is 12.1 Å². The van der Waals surface area contributed by atoms with E-state index in [4.69, 9.17) is 14.2 Å². The smallest absolute Gasteiger partial charge is 0.410 e. The topological polar surface area (TPSA) is 125 Å². The number of hydrogen-bond donors (Lipinski definition) is 1. The number of pyridine rings is 1. The van der Waals surface area contributed by atoms with Crippen molar-refractivity contribution in [3.63, 3.8) is 0 Å². The Kier molecular flexibility index (Phi) is 8.61. The van der Waals surface area contributed by atoms with Gasteiger partial charge in [-0.25, -0.2) is 14.8 Å². The fourth-order valence-electron chi connectivity index (χ4n) is 4.47. The van der Waals surface area contributed by atoms with Crippen molar-refractivity contribution in [3.8, 4) is 22.9 Å². The average Bonchev–Trinajstić information content (AvgIpc) is 2.89. The first-order chi connectivity index (χ1) is 18.9. The fourth-order valence-corrected chi connectivity index (χ4v) is 4.47. The van der Waals surface area contributed by atoms with Gasteiger partial charge in [0.15, 0.2) is 5.65 Å². The number of ether oxygens (including phenoxy) is 3. The zero-order chi connectivity index (χ0) is 29.0. The molecule has 1 saturated heterocycles. The van der Waals surface area contributed by atoms with Crippen molar-refractivity contribution in [2.24, 2.45) is 0 Å². The maximum atomic E-state index is 13.7. The molecule has 0 bridgehead atoms. The van der Waals surface area contributed by atoms with E-state index in [1.165, 1.54) is 4.57 Å². The lowest BCUT2D eigenvalue weighted by Gasteiger charge is -2.33. The summed E-state index contributed by atoms with van der Waals surface area (Å²) in [5, 5.41) is 3.07. The Hall–Kier alpha value is -4.15. The van der Waals surface area contributed by atoms with Crippen LogP contribution >= 0.6 is 0 Å². The summed E-state index contributed by atoms with van der Waals surface area (Å²) < 4.78 is 18.3. The summed E-state index contributed by atoms with van der Waals surface area (Å²) in [5.74, 6) is 1.03. The minimum absolute atomic E-state index is 0.0831. The van der Waals surface area contributed by atoms with Crippen molar-refractivity contribution in [2.45, 2.75) is 71.8 Å². The number of nitrogens with one attached hydrogen (secondary N) is 1. The molecule has 40 heavy (non-hydrogen) atoms. The molecular formula is C29H37N5O6. The summed E-state index contributed by atoms with van der Waals surface area (Å²) in [4.78, 5) is 49.6. The summed E-state index contributed by atoms with van der Waals surface area (Å²) in [5.41, 5.74) is -0.0891. The number of rotatable bonds is 7. The standard InChI is InChI=1S/C29H37N5O6/c1-18(2)31-24(35)17-34-26(19-8-7-9-21(14-19)38-6)32-25-23(27(34)36)15-22(16-30-25)39-20-10-12-33(13-11-20)28(37)40-29(3,4)5/h7-9,14-16,18,20H,10-13,17H2,1-6H3,(H,31,35). The minimum atomic E-state index is -0.552. The van der Waals surface area contributed by atoms with E-state index < -0.39 is 11.2 Å². The van der Waals surface area contributed by atoms with Crippen molar-refractivity contribution in [1.29, 1.82) is 0 Å². The molecule has 0 saturated carbocycles. The third kappa shape index (κ3) is 7.08. The van der Waals surface area contributed by atoms with E-state index in [2.05, 4.69) is 15.3 Å². The molecule has 3 aromatic rings. The monoisotopic (exact) mass is 551 g/mol. The Labute approximate surface area is 233 Å². The first-order valence-electron chi connectivity index (χ1n) is 13.4. The second-order valence-corrected chi connectivity index (χ2v) is 11.1. The van der Waals surface area contributed by atoms with E-state index in [9.17, 15) is 14.4 Å². The van der Waals surface area contributed by atoms with Crippen LogP contribution in [0.25, 0.3) is 22.4 Å².